The van der Waals surface area contributed by atoms with Gasteiger partial charge >= 0.3 is 0 Å². The van der Waals surface area contributed by atoms with Crippen LogP contribution in [0.3, 0.4) is 0 Å². The summed E-state index contributed by atoms with van der Waals surface area (Å²) in [5.74, 6) is 0. The highest BCUT2D eigenvalue weighted by Crippen LogP contribution is 2.22. The van der Waals surface area contributed by atoms with Crippen LogP contribution in [0.15, 0.2) is 84.9 Å². The SMILES string of the molecule is N#Cc1ccc(NC(=S)NC(c2ccccc2)c2ccccc2)cc1. The number of thiocarbonyl (C=S) groups is 1. The number of nitriles is 1. The van der Waals surface area contributed by atoms with Crippen LogP contribution in [0.5, 0.6) is 0 Å². The largest absolute Gasteiger partial charge is 0.352 e. The number of benzene rings is 3. The Kier molecular flexibility index (Phi) is 5.40. The van der Waals surface area contributed by atoms with Crippen LogP contribution in [-0.4, -0.2) is 5.11 Å². The van der Waals surface area contributed by atoms with Crippen molar-refractivity contribution in [1.29, 1.82) is 5.26 Å². The quantitative estimate of drug-likeness (QED) is 0.678. The van der Waals surface area contributed by atoms with E-state index < -0.39 is 0 Å². The maximum Gasteiger partial charge on any atom is 0.171 e. The van der Waals surface area contributed by atoms with Crippen molar-refractivity contribution < 1.29 is 0 Å². The first-order chi connectivity index (χ1) is 12.3. The van der Waals surface area contributed by atoms with E-state index in [1.165, 1.54) is 0 Å². The van der Waals surface area contributed by atoms with Gasteiger partial charge in [-0.15, -0.1) is 0 Å². The number of hydrogen-bond donors (Lipinski definition) is 2. The summed E-state index contributed by atoms with van der Waals surface area (Å²) in [7, 11) is 0. The van der Waals surface area contributed by atoms with Gasteiger partial charge in [0.15, 0.2) is 5.11 Å². The highest BCUT2D eigenvalue weighted by molar-refractivity contribution is 7.80. The molecule has 0 heterocycles. The molecule has 0 spiro atoms. The lowest BCUT2D eigenvalue weighted by molar-refractivity contribution is 0.769. The van der Waals surface area contributed by atoms with Gasteiger partial charge in [-0.3, -0.25) is 0 Å². The van der Waals surface area contributed by atoms with Crippen LogP contribution in [0.25, 0.3) is 0 Å². The molecule has 122 valence electrons. The first-order valence-electron chi connectivity index (χ1n) is 7.94. The molecule has 0 aliphatic rings. The molecule has 3 aromatic carbocycles. The van der Waals surface area contributed by atoms with E-state index >= 15 is 0 Å². The molecule has 0 bridgehead atoms. The van der Waals surface area contributed by atoms with E-state index in [4.69, 9.17) is 17.5 Å². The molecule has 3 rings (SSSR count). The monoisotopic (exact) mass is 343 g/mol. The Hall–Kier alpha value is -3.16. The van der Waals surface area contributed by atoms with E-state index in [-0.39, 0.29) is 6.04 Å². The van der Waals surface area contributed by atoms with Gasteiger partial charge in [0.25, 0.3) is 0 Å². The predicted octanol–water partition coefficient (Wildman–Crippen LogP) is 4.63. The second-order valence-electron chi connectivity index (χ2n) is 5.54. The van der Waals surface area contributed by atoms with Crippen molar-refractivity contribution in [2.24, 2.45) is 0 Å². The second-order valence-corrected chi connectivity index (χ2v) is 5.95. The fourth-order valence-electron chi connectivity index (χ4n) is 2.58. The van der Waals surface area contributed by atoms with Crippen LogP contribution in [0.2, 0.25) is 0 Å². The summed E-state index contributed by atoms with van der Waals surface area (Å²) in [4.78, 5) is 0. The van der Waals surface area contributed by atoms with Crippen LogP contribution in [0.1, 0.15) is 22.7 Å². The molecule has 4 heteroatoms. The van der Waals surface area contributed by atoms with Crippen molar-refractivity contribution in [1.82, 2.24) is 5.32 Å². The third-order valence-corrected chi connectivity index (χ3v) is 4.03. The molecule has 3 nitrogen and oxygen atoms in total. The molecule has 25 heavy (non-hydrogen) atoms. The minimum atomic E-state index is -0.0409. The first kappa shape index (κ1) is 16.7. The van der Waals surface area contributed by atoms with E-state index in [2.05, 4.69) is 41.0 Å². The molecule has 0 aliphatic heterocycles. The van der Waals surface area contributed by atoms with E-state index in [0.717, 1.165) is 16.8 Å². The fourth-order valence-corrected chi connectivity index (χ4v) is 2.81. The molecule has 0 amide bonds. The van der Waals surface area contributed by atoms with Crippen LogP contribution < -0.4 is 10.6 Å². The molecular weight excluding hydrogens is 326 g/mol. The summed E-state index contributed by atoms with van der Waals surface area (Å²) < 4.78 is 0. The minimum Gasteiger partial charge on any atom is -0.352 e. The molecule has 3 aromatic rings. The van der Waals surface area contributed by atoms with Crippen molar-refractivity contribution >= 4 is 23.0 Å². The Morgan fingerprint density at radius 3 is 1.80 bits per heavy atom. The van der Waals surface area contributed by atoms with Crippen molar-refractivity contribution in [3.63, 3.8) is 0 Å². The van der Waals surface area contributed by atoms with E-state index in [9.17, 15) is 0 Å². The van der Waals surface area contributed by atoms with Crippen molar-refractivity contribution in [3.8, 4) is 6.07 Å². The summed E-state index contributed by atoms with van der Waals surface area (Å²) in [6, 6.07) is 29.6. The van der Waals surface area contributed by atoms with Crippen LogP contribution in [0.4, 0.5) is 5.69 Å². The predicted molar refractivity (Wildman–Crippen MR) is 105 cm³/mol. The topological polar surface area (TPSA) is 47.9 Å². The van der Waals surface area contributed by atoms with Gasteiger partial charge in [0.1, 0.15) is 0 Å². The molecule has 0 aliphatic carbocycles. The summed E-state index contributed by atoms with van der Waals surface area (Å²) in [6.07, 6.45) is 0. The van der Waals surface area contributed by atoms with Crippen molar-refractivity contribution in [3.05, 3.63) is 102 Å². The normalized spacial score (nSPS) is 10.1. The molecule has 0 saturated heterocycles. The summed E-state index contributed by atoms with van der Waals surface area (Å²) in [5.41, 5.74) is 3.74. The summed E-state index contributed by atoms with van der Waals surface area (Å²) in [6.45, 7) is 0. The lowest BCUT2D eigenvalue weighted by Gasteiger charge is -2.22. The van der Waals surface area contributed by atoms with Gasteiger partial charge in [-0.25, -0.2) is 0 Å². The Labute approximate surface area is 152 Å². The maximum absolute atomic E-state index is 8.87. The maximum atomic E-state index is 8.87. The fraction of sp³-hybridized carbons (Fsp3) is 0.0476. The number of hydrogen-bond acceptors (Lipinski definition) is 2. The molecule has 0 aromatic heterocycles. The van der Waals surface area contributed by atoms with Crippen molar-refractivity contribution in [2.45, 2.75) is 6.04 Å². The molecule has 0 fully saturated rings. The standard InChI is InChI=1S/C21H17N3S/c22-15-16-11-13-19(14-12-16)23-21(25)24-20(17-7-3-1-4-8-17)18-9-5-2-6-10-18/h1-14,20H,(H2,23,24,25). The minimum absolute atomic E-state index is 0.0409. The number of nitrogens with one attached hydrogen (secondary N) is 2. The Morgan fingerprint density at radius 2 is 1.32 bits per heavy atom. The average molecular weight is 343 g/mol. The van der Waals surface area contributed by atoms with E-state index in [1.807, 2.05) is 48.5 Å². The van der Waals surface area contributed by atoms with Gasteiger partial charge in [0.2, 0.25) is 0 Å². The number of anilines is 1. The van der Waals surface area contributed by atoms with Gasteiger partial charge in [-0.1, -0.05) is 60.7 Å². The second kappa shape index (κ2) is 8.09. The lowest BCUT2D eigenvalue weighted by Crippen LogP contribution is -2.33. The Bertz CT molecular complexity index is 829. The highest BCUT2D eigenvalue weighted by Gasteiger charge is 2.14. The zero-order valence-electron chi connectivity index (χ0n) is 13.5. The van der Waals surface area contributed by atoms with Gasteiger partial charge in [0.05, 0.1) is 17.7 Å². The Morgan fingerprint density at radius 1 is 0.800 bits per heavy atom. The Balaban J connectivity index is 1.78. The number of nitrogens with zero attached hydrogens (tertiary/aromatic N) is 1. The molecule has 0 saturated carbocycles. The van der Waals surface area contributed by atoms with Crippen molar-refractivity contribution in [2.75, 3.05) is 5.32 Å². The third-order valence-electron chi connectivity index (χ3n) is 3.81. The first-order valence-corrected chi connectivity index (χ1v) is 8.34. The zero-order chi connectivity index (χ0) is 17.5. The van der Waals surface area contributed by atoms with Gasteiger partial charge < -0.3 is 10.6 Å². The van der Waals surface area contributed by atoms with E-state index in [1.54, 1.807) is 12.1 Å². The van der Waals surface area contributed by atoms with Gasteiger partial charge in [0, 0.05) is 5.69 Å². The average Bonchev–Trinajstić information content (AvgIpc) is 2.68. The van der Waals surface area contributed by atoms with Crippen LogP contribution >= 0.6 is 12.2 Å². The van der Waals surface area contributed by atoms with Crippen LogP contribution in [0, 0.1) is 11.3 Å². The molecular formula is C21H17N3S. The number of rotatable bonds is 4. The molecule has 0 atom stereocenters. The summed E-state index contributed by atoms with van der Waals surface area (Å²) in [5, 5.41) is 16.0. The highest BCUT2D eigenvalue weighted by atomic mass is 32.1. The molecule has 2 N–H and O–H groups in total. The van der Waals surface area contributed by atoms with E-state index in [0.29, 0.717) is 10.7 Å². The van der Waals surface area contributed by atoms with Crippen LogP contribution in [-0.2, 0) is 0 Å². The smallest absolute Gasteiger partial charge is 0.171 e. The van der Waals surface area contributed by atoms with Gasteiger partial charge in [-0.05, 0) is 47.6 Å². The summed E-state index contributed by atoms with van der Waals surface area (Å²) >= 11 is 5.49. The zero-order valence-corrected chi connectivity index (χ0v) is 14.3. The third kappa shape index (κ3) is 4.43. The lowest BCUT2D eigenvalue weighted by atomic mass is 9.99. The molecule has 0 radical (unpaired) electrons. The van der Waals surface area contributed by atoms with Gasteiger partial charge in [-0.2, -0.15) is 5.26 Å². The molecule has 0 unspecified atom stereocenters.